The summed E-state index contributed by atoms with van der Waals surface area (Å²) in [4.78, 5) is 22.5. The molecule has 0 fully saturated rings. The third kappa shape index (κ3) is 8.21. The monoisotopic (exact) mass is 654 g/mol. The Kier molecular flexibility index (Phi) is 11.3. The number of carbonyl (C=O) groups excluding carboxylic acids is 1. The van der Waals surface area contributed by atoms with E-state index in [1.165, 1.54) is 0 Å². The Morgan fingerprint density at radius 2 is 1.87 bits per heavy atom. The van der Waals surface area contributed by atoms with Crippen LogP contribution in [0.4, 0.5) is 5.69 Å². The average molecular weight is 655 g/mol. The van der Waals surface area contributed by atoms with Gasteiger partial charge in [-0.1, -0.05) is 65.2 Å². The van der Waals surface area contributed by atoms with Crippen molar-refractivity contribution >= 4 is 29.1 Å². The van der Waals surface area contributed by atoms with E-state index in [-0.39, 0.29) is 18.9 Å². The van der Waals surface area contributed by atoms with E-state index in [1.54, 1.807) is 49.6 Å². The van der Waals surface area contributed by atoms with Crippen LogP contribution in [0.1, 0.15) is 34.8 Å². The van der Waals surface area contributed by atoms with Gasteiger partial charge in [0.25, 0.3) is 5.91 Å². The van der Waals surface area contributed by atoms with Crippen molar-refractivity contribution in [3.05, 3.63) is 135 Å². The predicted molar refractivity (Wildman–Crippen MR) is 180 cm³/mol. The number of aliphatic hydroxyl groups excluding tert-OH is 1. The summed E-state index contributed by atoms with van der Waals surface area (Å²) in [6, 6.07) is 29.1. The summed E-state index contributed by atoms with van der Waals surface area (Å²) in [6.07, 6.45) is 0.298. The summed E-state index contributed by atoms with van der Waals surface area (Å²) in [5, 5.41) is 13.6. The first-order valence-electron chi connectivity index (χ1n) is 15.1. The molecule has 11 nitrogen and oxygen atoms in total. The molecular weight excluding hydrogens is 620 g/mol. The summed E-state index contributed by atoms with van der Waals surface area (Å²) < 4.78 is 17.8. The highest BCUT2D eigenvalue weighted by Gasteiger charge is 2.53. The molecule has 4 aromatic rings. The minimum Gasteiger partial charge on any atom is -0.497 e. The SMILES string of the molecule is COc1cccc([C@@H]2OC(c3ccc(OCCCO)cc3)=N[C@]2(Cc2ccccc2N=[N+]=[N-])C(=O)NNCCc2cccc(Cl)c2)c1. The first-order valence-corrected chi connectivity index (χ1v) is 15.5. The molecule has 0 radical (unpaired) electrons. The number of amides is 1. The third-order valence-corrected chi connectivity index (χ3v) is 7.90. The minimum absolute atomic E-state index is 0.0385. The van der Waals surface area contributed by atoms with Gasteiger partial charge in [-0.25, -0.2) is 10.4 Å². The number of nitrogens with zero attached hydrogens (tertiary/aromatic N) is 4. The molecule has 2 atom stereocenters. The molecule has 1 heterocycles. The number of hydrogen-bond donors (Lipinski definition) is 3. The van der Waals surface area contributed by atoms with Gasteiger partial charge in [0, 0.05) is 47.2 Å². The molecule has 0 saturated heterocycles. The van der Waals surface area contributed by atoms with Crippen LogP contribution in [-0.4, -0.2) is 49.3 Å². The Labute approximate surface area is 277 Å². The van der Waals surface area contributed by atoms with Crippen molar-refractivity contribution in [1.82, 2.24) is 10.9 Å². The van der Waals surface area contributed by atoms with Crippen molar-refractivity contribution in [2.45, 2.75) is 30.9 Å². The van der Waals surface area contributed by atoms with Crippen LogP contribution >= 0.6 is 11.6 Å². The number of benzene rings is 4. The molecule has 0 aromatic heterocycles. The first kappa shape index (κ1) is 33.3. The molecule has 3 N–H and O–H groups in total. The fraction of sp³-hybridized carbons (Fsp3) is 0.257. The largest absolute Gasteiger partial charge is 0.497 e. The zero-order valence-corrected chi connectivity index (χ0v) is 26.6. The van der Waals surface area contributed by atoms with Crippen LogP contribution in [0.2, 0.25) is 5.02 Å². The average Bonchev–Trinajstić information content (AvgIpc) is 3.48. The van der Waals surface area contributed by atoms with E-state index in [9.17, 15) is 10.3 Å². The number of carbonyl (C=O) groups is 1. The van der Waals surface area contributed by atoms with Gasteiger partial charge in [-0.2, -0.15) is 0 Å². The fourth-order valence-corrected chi connectivity index (χ4v) is 5.55. The number of nitrogens with one attached hydrogen (secondary N) is 2. The van der Waals surface area contributed by atoms with Crippen molar-refractivity contribution in [2.75, 3.05) is 26.9 Å². The fourth-order valence-electron chi connectivity index (χ4n) is 5.33. The van der Waals surface area contributed by atoms with Crippen molar-refractivity contribution in [1.29, 1.82) is 0 Å². The van der Waals surface area contributed by atoms with E-state index in [4.69, 9.17) is 35.9 Å². The van der Waals surface area contributed by atoms with Crippen LogP contribution in [0.15, 0.2) is 107 Å². The van der Waals surface area contributed by atoms with Crippen LogP contribution in [-0.2, 0) is 22.4 Å². The smallest absolute Gasteiger partial charge is 0.266 e. The topological polar surface area (TPSA) is 150 Å². The van der Waals surface area contributed by atoms with E-state index in [0.29, 0.717) is 64.9 Å². The van der Waals surface area contributed by atoms with Gasteiger partial charge < -0.3 is 19.3 Å². The molecular formula is C35H35ClN6O5. The van der Waals surface area contributed by atoms with Crippen LogP contribution in [0.5, 0.6) is 11.5 Å². The highest BCUT2D eigenvalue weighted by molar-refractivity contribution is 6.30. The second-order valence-electron chi connectivity index (χ2n) is 10.8. The molecule has 0 bridgehead atoms. The zero-order valence-electron chi connectivity index (χ0n) is 25.8. The maximum Gasteiger partial charge on any atom is 0.266 e. The lowest BCUT2D eigenvalue weighted by atomic mass is 9.81. The number of aliphatic hydroxyl groups is 1. The number of methoxy groups -OCH3 is 1. The Balaban J connectivity index is 1.53. The quantitative estimate of drug-likeness (QED) is 0.0443. The van der Waals surface area contributed by atoms with Crippen LogP contribution in [0.25, 0.3) is 10.4 Å². The minimum atomic E-state index is -1.54. The Morgan fingerprint density at radius 1 is 1.06 bits per heavy atom. The van der Waals surface area contributed by atoms with Gasteiger partial charge in [0.05, 0.1) is 13.7 Å². The first-order chi connectivity index (χ1) is 23.0. The number of aliphatic imine (C=N–C) groups is 1. The Hall–Kier alpha value is -5.06. The number of halogens is 1. The Bertz CT molecular complexity index is 1760. The lowest BCUT2D eigenvalue weighted by Gasteiger charge is -2.31. The lowest BCUT2D eigenvalue weighted by molar-refractivity contribution is -0.130. The molecule has 0 aliphatic carbocycles. The van der Waals surface area contributed by atoms with Crippen LogP contribution in [0.3, 0.4) is 0 Å². The maximum absolute atomic E-state index is 14.5. The normalized spacial score (nSPS) is 16.8. The molecule has 0 spiro atoms. The molecule has 47 heavy (non-hydrogen) atoms. The molecule has 0 unspecified atom stereocenters. The zero-order chi connectivity index (χ0) is 33.1. The summed E-state index contributed by atoms with van der Waals surface area (Å²) in [5.74, 6) is 1.04. The number of azide groups is 1. The standard InChI is InChI=1S/C35H35ClN6O5/c1-45-30-11-5-9-26(22-30)32-35(23-27-8-2-3-12-31(27)40-42-37,34(44)41-38-18-17-24-7-4-10-28(36)21-24)39-33(47-32)25-13-15-29(16-14-25)46-20-6-19-43/h2-5,7-16,21-22,32,38,43H,6,17-20,23H2,1H3,(H,41,44)/t32-,35-/m0/s1. The van der Waals surface area contributed by atoms with E-state index in [0.717, 1.165) is 5.56 Å². The van der Waals surface area contributed by atoms with E-state index in [2.05, 4.69) is 20.9 Å². The molecule has 1 aliphatic rings. The van der Waals surface area contributed by atoms with Crippen molar-refractivity contribution in [3.8, 4) is 11.5 Å². The van der Waals surface area contributed by atoms with Gasteiger partial charge >= 0.3 is 0 Å². The number of hydrazine groups is 1. The predicted octanol–water partition coefficient (Wildman–Crippen LogP) is 6.41. The van der Waals surface area contributed by atoms with Gasteiger partial charge in [-0.05, 0) is 77.2 Å². The molecule has 5 rings (SSSR count). The summed E-state index contributed by atoms with van der Waals surface area (Å²) >= 11 is 6.15. The lowest BCUT2D eigenvalue weighted by Crippen LogP contribution is -2.54. The second kappa shape index (κ2) is 16.0. The third-order valence-electron chi connectivity index (χ3n) is 7.66. The highest BCUT2D eigenvalue weighted by Crippen LogP contribution is 2.44. The van der Waals surface area contributed by atoms with E-state index >= 15 is 0 Å². The number of ether oxygens (including phenoxy) is 3. The highest BCUT2D eigenvalue weighted by atomic mass is 35.5. The molecule has 1 amide bonds. The Morgan fingerprint density at radius 3 is 2.64 bits per heavy atom. The summed E-state index contributed by atoms with van der Waals surface area (Å²) in [7, 11) is 1.57. The van der Waals surface area contributed by atoms with Gasteiger partial charge in [0.2, 0.25) is 5.90 Å². The van der Waals surface area contributed by atoms with Crippen molar-refractivity contribution in [3.63, 3.8) is 0 Å². The molecule has 0 saturated carbocycles. The van der Waals surface area contributed by atoms with Gasteiger partial charge in [0.15, 0.2) is 11.6 Å². The summed E-state index contributed by atoms with van der Waals surface area (Å²) in [6.45, 7) is 0.844. The van der Waals surface area contributed by atoms with Gasteiger partial charge in [0.1, 0.15) is 11.5 Å². The van der Waals surface area contributed by atoms with Crippen molar-refractivity contribution < 1.29 is 24.1 Å². The van der Waals surface area contributed by atoms with Gasteiger partial charge in [-0.15, -0.1) is 0 Å². The van der Waals surface area contributed by atoms with Crippen LogP contribution < -0.4 is 20.3 Å². The molecule has 4 aromatic carbocycles. The van der Waals surface area contributed by atoms with E-state index < -0.39 is 17.6 Å². The molecule has 242 valence electrons. The molecule has 12 heteroatoms. The maximum atomic E-state index is 14.5. The van der Waals surface area contributed by atoms with E-state index in [1.807, 2.05) is 54.6 Å². The van der Waals surface area contributed by atoms with Crippen molar-refractivity contribution in [2.24, 2.45) is 10.1 Å². The molecule has 1 aliphatic heterocycles. The second-order valence-corrected chi connectivity index (χ2v) is 11.3. The van der Waals surface area contributed by atoms with Crippen LogP contribution in [0, 0.1) is 0 Å². The van der Waals surface area contributed by atoms with Gasteiger partial charge in [-0.3, -0.25) is 10.2 Å². The summed E-state index contributed by atoms with van der Waals surface area (Å²) in [5.41, 5.74) is 17.0. The number of rotatable bonds is 15. The number of hydrogen-bond acceptors (Lipinski definition) is 8.